The Kier molecular flexibility index (Phi) is 21.1. The van der Waals surface area contributed by atoms with Gasteiger partial charge in [-0.25, -0.2) is 0 Å². The minimum atomic E-state index is -2.65. The smallest absolute Gasteiger partial charge is 0.320 e. The minimum Gasteiger partial charge on any atom is -0.462 e. The van der Waals surface area contributed by atoms with E-state index in [0.29, 0.717) is 6.61 Å². The molecule has 0 radical (unpaired) electrons. The van der Waals surface area contributed by atoms with Crippen molar-refractivity contribution >= 4 is 37.6 Å². The normalized spacial score (nSPS) is 24.9. The Labute approximate surface area is 431 Å². The molecular formula is C57H71ClO11SSi. The van der Waals surface area contributed by atoms with Gasteiger partial charge in [-0.2, -0.15) is 0 Å². The standard InChI is InChI=1S/C57H71ClO11SSi/c1-7-70-56-54(65-38-45-31-21-12-22-32-45)51(49(62-35-42-25-15-9-16-26-42)46(67-56)39-60-34-41-23-13-8-14-24-41)68-55-53(64-37-44-29-19-11-20-30-44)52(69-71(5,6)57(2,3)4)50(47(66-55)40-61-48(59)33-58)63-36-43-27-17-10-18-28-43/h8-32,46-47,49-56H,7,33-40H2,1-6H3/t46-,47-,49+,50-,51+,52+,53-,54-,55-,56+/m1/s1. The topological polar surface area (TPSA) is 109 Å². The molecule has 7 rings (SSSR count). The number of carbonyl (C=O) groups is 1. The lowest BCUT2D eigenvalue weighted by Crippen LogP contribution is -2.67. The molecule has 0 unspecified atom stereocenters. The number of hydrogen-bond donors (Lipinski definition) is 0. The van der Waals surface area contributed by atoms with Crippen LogP contribution in [0.5, 0.6) is 0 Å². The number of rotatable bonds is 25. The van der Waals surface area contributed by atoms with Crippen molar-refractivity contribution in [1.82, 2.24) is 0 Å². The summed E-state index contributed by atoms with van der Waals surface area (Å²) in [5.74, 6) is -0.193. The molecule has 0 saturated carbocycles. The van der Waals surface area contributed by atoms with Crippen LogP contribution in [0.1, 0.15) is 55.5 Å². The number of halogens is 1. The summed E-state index contributed by atoms with van der Waals surface area (Å²) in [6.07, 6.45) is -7.37. The van der Waals surface area contributed by atoms with Gasteiger partial charge in [0.1, 0.15) is 66.8 Å². The molecule has 0 aliphatic carbocycles. The fourth-order valence-electron chi connectivity index (χ4n) is 8.30. The predicted octanol–water partition coefficient (Wildman–Crippen LogP) is 11.3. The summed E-state index contributed by atoms with van der Waals surface area (Å²) < 4.78 is 69.7. The Balaban J connectivity index is 1.34. The van der Waals surface area contributed by atoms with Gasteiger partial charge in [0, 0.05) is 0 Å². The van der Waals surface area contributed by atoms with E-state index in [1.807, 2.05) is 152 Å². The van der Waals surface area contributed by atoms with Crippen LogP contribution in [0.4, 0.5) is 0 Å². The molecule has 5 aromatic carbocycles. The summed E-state index contributed by atoms with van der Waals surface area (Å²) in [7, 11) is -2.65. The average molecular weight is 1030 g/mol. The van der Waals surface area contributed by atoms with Crippen LogP contribution in [-0.4, -0.2) is 99.7 Å². The summed E-state index contributed by atoms with van der Waals surface area (Å²) >= 11 is 7.67. The average Bonchev–Trinajstić information content (AvgIpc) is 3.38. The molecule has 5 aromatic rings. The molecule has 2 aliphatic rings. The van der Waals surface area contributed by atoms with E-state index in [1.165, 1.54) is 0 Å². The Morgan fingerprint density at radius 3 is 1.39 bits per heavy atom. The Bertz CT molecular complexity index is 2280. The zero-order valence-electron chi connectivity index (χ0n) is 41.8. The van der Waals surface area contributed by atoms with Crippen LogP contribution in [0, 0.1) is 0 Å². The highest BCUT2D eigenvalue weighted by Crippen LogP contribution is 2.43. The van der Waals surface area contributed by atoms with E-state index in [9.17, 15) is 4.79 Å². The molecule has 382 valence electrons. The molecule has 0 amide bonds. The summed E-state index contributed by atoms with van der Waals surface area (Å²) in [5.41, 5.74) is 4.39. The third-order valence-corrected chi connectivity index (χ3v) is 18.8. The van der Waals surface area contributed by atoms with Crippen LogP contribution in [0.25, 0.3) is 0 Å². The van der Waals surface area contributed by atoms with Crippen LogP contribution in [0.15, 0.2) is 152 Å². The van der Waals surface area contributed by atoms with Gasteiger partial charge < -0.3 is 47.1 Å². The molecule has 71 heavy (non-hydrogen) atoms. The number of thioether (sulfide) groups is 1. The lowest BCUT2D eigenvalue weighted by Gasteiger charge is -2.52. The van der Waals surface area contributed by atoms with E-state index in [1.54, 1.807) is 11.8 Å². The Hall–Kier alpha value is -3.93. The monoisotopic (exact) mass is 1030 g/mol. The van der Waals surface area contributed by atoms with Crippen LogP contribution in [0.2, 0.25) is 18.1 Å². The largest absolute Gasteiger partial charge is 0.462 e. The maximum absolute atomic E-state index is 12.9. The van der Waals surface area contributed by atoms with Gasteiger partial charge in [-0.05, 0) is 51.7 Å². The molecule has 14 heteroatoms. The molecule has 2 saturated heterocycles. The molecule has 0 bridgehead atoms. The second-order valence-corrected chi connectivity index (χ2v) is 25.7. The molecule has 0 N–H and O–H groups in total. The Morgan fingerprint density at radius 2 is 0.958 bits per heavy atom. The number of ether oxygens (including phenoxy) is 9. The summed E-state index contributed by atoms with van der Waals surface area (Å²) in [4.78, 5) is 12.9. The summed E-state index contributed by atoms with van der Waals surface area (Å²) in [5, 5.41) is -0.221. The van der Waals surface area contributed by atoms with Crippen molar-refractivity contribution in [2.75, 3.05) is 24.8 Å². The van der Waals surface area contributed by atoms with Gasteiger partial charge in [0.2, 0.25) is 0 Å². The van der Waals surface area contributed by atoms with E-state index < -0.39 is 74.8 Å². The van der Waals surface area contributed by atoms with E-state index in [-0.39, 0.29) is 50.6 Å². The van der Waals surface area contributed by atoms with Crippen molar-refractivity contribution in [2.45, 2.75) is 139 Å². The van der Waals surface area contributed by atoms with Gasteiger partial charge in [0.15, 0.2) is 14.6 Å². The zero-order chi connectivity index (χ0) is 50.1. The molecule has 2 fully saturated rings. The first-order chi connectivity index (χ1) is 34.4. The maximum Gasteiger partial charge on any atom is 0.320 e. The van der Waals surface area contributed by atoms with Gasteiger partial charge in [-0.1, -0.05) is 179 Å². The van der Waals surface area contributed by atoms with E-state index in [2.05, 4.69) is 40.8 Å². The van der Waals surface area contributed by atoms with Gasteiger partial charge in [0.05, 0.1) is 39.6 Å². The molecule has 2 heterocycles. The fraction of sp³-hybridized carbons (Fsp3) is 0.456. The van der Waals surface area contributed by atoms with Crippen molar-refractivity contribution in [2.24, 2.45) is 0 Å². The van der Waals surface area contributed by atoms with E-state index in [4.69, 9.17) is 58.7 Å². The van der Waals surface area contributed by atoms with Crippen molar-refractivity contribution in [3.8, 4) is 0 Å². The Morgan fingerprint density at radius 1 is 0.549 bits per heavy atom. The second-order valence-electron chi connectivity index (χ2n) is 19.3. The zero-order valence-corrected chi connectivity index (χ0v) is 44.4. The highest BCUT2D eigenvalue weighted by Gasteiger charge is 2.56. The predicted molar refractivity (Wildman–Crippen MR) is 280 cm³/mol. The van der Waals surface area contributed by atoms with Crippen LogP contribution >= 0.6 is 23.4 Å². The quantitative estimate of drug-likeness (QED) is 0.0315. The number of esters is 1. The van der Waals surface area contributed by atoms with E-state index in [0.717, 1.165) is 33.6 Å². The number of benzene rings is 5. The fourth-order valence-corrected chi connectivity index (χ4v) is 10.6. The lowest BCUT2D eigenvalue weighted by molar-refractivity contribution is -0.353. The highest BCUT2D eigenvalue weighted by atomic mass is 35.5. The summed E-state index contributed by atoms with van der Waals surface area (Å²) in [6, 6.07) is 50.0. The van der Waals surface area contributed by atoms with Gasteiger partial charge in [0.25, 0.3) is 0 Å². The van der Waals surface area contributed by atoms with Crippen LogP contribution < -0.4 is 0 Å². The van der Waals surface area contributed by atoms with E-state index >= 15 is 0 Å². The second kappa shape index (κ2) is 27.4. The number of hydrogen-bond acceptors (Lipinski definition) is 12. The lowest BCUT2D eigenvalue weighted by atomic mass is 9.96. The first-order valence-electron chi connectivity index (χ1n) is 24.6. The third-order valence-electron chi connectivity index (χ3n) is 13.1. The molecule has 10 atom stereocenters. The van der Waals surface area contributed by atoms with Crippen molar-refractivity contribution in [3.05, 3.63) is 179 Å². The maximum atomic E-state index is 12.9. The van der Waals surface area contributed by atoms with Crippen LogP contribution in [-0.2, 0) is 84.9 Å². The molecule has 11 nitrogen and oxygen atoms in total. The summed E-state index contributed by atoms with van der Waals surface area (Å²) in [6.45, 7) is 14.5. The van der Waals surface area contributed by atoms with Crippen molar-refractivity contribution < 1.29 is 51.9 Å². The van der Waals surface area contributed by atoms with Gasteiger partial charge in [-0.15, -0.1) is 23.4 Å². The number of alkyl halides is 1. The minimum absolute atomic E-state index is 0.187. The SMILES string of the molecule is CCS[C@@H]1O[C@H](COCc2ccccc2)[C@H](OCc2ccccc2)[C@H](O[C@H]2O[C@H](COC(=O)CCl)[C@@H](OCc3ccccc3)[C@H](O[Si](C)(C)C(C)(C)C)[C@H]2OCc2ccccc2)[C@H]1OCc1ccccc1. The van der Waals surface area contributed by atoms with Crippen molar-refractivity contribution in [1.29, 1.82) is 0 Å². The molecular weight excluding hydrogens is 956 g/mol. The molecule has 2 aliphatic heterocycles. The van der Waals surface area contributed by atoms with Gasteiger partial charge in [-0.3, -0.25) is 4.79 Å². The van der Waals surface area contributed by atoms with Gasteiger partial charge >= 0.3 is 5.97 Å². The molecule has 0 spiro atoms. The number of carbonyl (C=O) groups excluding carboxylic acids is 1. The highest BCUT2D eigenvalue weighted by molar-refractivity contribution is 7.99. The molecule has 0 aromatic heterocycles. The first-order valence-corrected chi connectivity index (χ1v) is 29.1. The third kappa shape index (κ3) is 16.0. The van der Waals surface area contributed by atoms with Crippen molar-refractivity contribution in [3.63, 3.8) is 0 Å². The van der Waals surface area contributed by atoms with Crippen LogP contribution in [0.3, 0.4) is 0 Å². The first kappa shape index (κ1) is 54.8.